The van der Waals surface area contributed by atoms with Crippen LogP contribution in [0.4, 0.5) is 0 Å². The van der Waals surface area contributed by atoms with Gasteiger partial charge in [-0.1, -0.05) is 28.1 Å². The Hall–Kier alpha value is -0.780. The van der Waals surface area contributed by atoms with Crippen LogP contribution in [0.3, 0.4) is 0 Å². The molecule has 0 aromatic heterocycles. The molecule has 1 aromatic carbocycles. The molecule has 0 radical (unpaired) electrons. The van der Waals surface area contributed by atoms with E-state index in [0.29, 0.717) is 0 Å². The minimum Gasteiger partial charge on any atom is -0.313 e. The summed E-state index contributed by atoms with van der Waals surface area (Å²) in [6, 6.07) is 8.33. The van der Waals surface area contributed by atoms with Crippen LogP contribution in [0.2, 0.25) is 0 Å². The van der Waals surface area contributed by atoms with Gasteiger partial charge in [-0.3, -0.25) is 0 Å². The molecule has 14 heavy (non-hydrogen) atoms. The van der Waals surface area contributed by atoms with Gasteiger partial charge in [0, 0.05) is 17.4 Å². The van der Waals surface area contributed by atoms with E-state index in [-0.39, 0.29) is 0 Å². The van der Waals surface area contributed by atoms with Gasteiger partial charge < -0.3 is 5.32 Å². The quantitative estimate of drug-likeness (QED) is 0.627. The Kier molecular flexibility index (Phi) is 5.36. The summed E-state index contributed by atoms with van der Waals surface area (Å²) >= 11 is 3.41. The summed E-state index contributed by atoms with van der Waals surface area (Å²) in [7, 11) is 0. The van der Waals surface area contributed by atoms with Crippen LogP contribution in [0.5, 0.6) is 0 Å². The first-order valence-electron chi connectivity index (χ1n) is 4.71. The molecule has 1 nitrogen and oxygen atoms in total. The van der Waals surface area contributed by atoms with E-state index in [0.717, 1.165) is 30.4 Å². The Morgan fingerprint density at radius 2 is 2.00 bits per heavy atom. The van der Waals surface area contributed by atoms with Gasteiger partial charge in [-0.15, -0.1) is 12.3 Å². The summed E-state index contributed by atoms with van der Waals surface area (Å²) < 4.78 is 1.12. The molecule has 0 heterocycles. The summed E-state index contributed by atoms with van der Waals surface area (Å²) in [5.41, 5.74) is 1.30. The molecule has 74 valence electrons. The van der Waals surface area contributed by atoms with E-state index in [1.807, 2.05) is 0 Å². The smallest absolute Gasteiger partial charge is 0.0205 e. The third-order valence-corrected chi connectivity index (χ3v) is 2.45. The van der Waals surface area contributed by atoms with Gasteiger partial charge >= 0.3 is 0 Å². The van der Waals surface area contributed by atoms with Gasteiger partial charge in [0.2, 0.25) is 0 Å². The predicted octanol–water partition coefficient (Wildman–Crippen LogP) is 2.95. The van der Waals surface area contributed by atoms with Crippen LogP contribution in [0, 0.1) is 12.3 Å². The highest BCUT2D eigenvalue weighted by Crippen LogP contribution is 2.10. The Morgan fingerprint density at radius 3 is 2.64 bits per heavy atom. The second-order valence-corrected chi connectivity index (χ2v) is 4.03. The van der Waals surface area contributed by atoms with Crippen molar-refractivity contribution < 1.29 is 0 Å². The molecule has 0 bridgehead atoms. The van der Waals surface area contributed by atoms with Gasteiger partial charge in [0.25, 0.3) is 0 Å². The maximum atomic E-state index is 5.16. The average Bonchev–Trinajstić information content (AvgIpc) is 2.21. The molecule has 1 N–H and O–H groups in total. The van der Waals surface area contributed by atoms with Crippen molar-refractivity contribution in [2.24, 2.45) is 0 Å². The van der Waals surface area contributed by atoms with Crippen LogP contribution >= 0.6 is 15.9 Å². The summed E-state index contributed by atoms with van der Waals surface area (Å²) in [6.45, 7) is 1.90. The maximum absolute atomic E-state index is 5.16. The van der Waals surface area contributed by atoms with Gasteiger partial charge in [0.05, 0.1) is 0 Å². The van der Waals surface area contributed by atoms with Crippen LogP contribution in [0.25, 0.3) is 0 Å². The monoisotopic (exact) mass is 251 g/mol. The average molecular weight is 252 g/mol. The normalized spacial score (nSPS) is 9.71. The number of halogens is 1. The summed E-state index contributed by atoms with van der Waals surface area (Å²) in [5, 5.41) is 3.35. The SMILES string of the molecule is C#CCCCNCc1ccc(Br)cc1. The molecule has 0 aliphatic rings. The number of hydrogen-bond donors (Lipinski definition) is 1. The Bertz CT molecular complexity index is 297. The summed E-state index contributed by atoms with van der Waals surface area (Å²) in [5.74, 6) is 2.63. The number of hydrogen-bond acceptors (Lipinski definition) is 1. The summed E-state index contributed by atoms with van der Waals surface area (Å²) in [4.78, 5) is 0. The minimum absolute atomic E-state index is 0.855. The molecule has 0 spiro atoms. The van der Waals surface area contributed by atoms with Crippen molar-refractivity contribution in [3.8, 4) is 12.3 Å². The molecule has 0 amide bonds. The second kappa shape index (κ2) is 6.64. The van der Waals surface area contributed by atoms with Crippen molar-refractivity contribution in [2.45, 2.75) is 19.4 Å². The van der Waals surface area contributed by atoms with Crippen molar-refractivity contribution in [1.29, 1.82) is 0 Å². The van der Waals surface area contributed by atoms with E-state index >= 15 is 0 Å². The minimum atomic E-state index is 0.855. The van der Waals surface area contributed by atoms with Crippen molar-refractivity contribution >= 4 is 15.9 Å². The zero-order chi connectivity index (χ0) is 10.2. The van der Waals surface area contributed by atoms with Crippen LogP contribution in [-0.2, 0) is 6.54 Å². The van der Waals surface area contributed by atoms with Crippen molar-refractivity contribution in [3.05, 3.63) is 34.3 Å². The van der Waals surface area contributed by atoms with Crippen LogP contribution in [-0.4, -0.2) is 6.54 Å². The van der Waals surface area contributed by atoms with E-state index in [1.165, 1.54) is 5.56 Å². The van der Waals surface area contributed by atoms with E-state index in [9.17, 15) is 0 Å². The fourth-order valence-corrected chi connectivity index (χ4v) is 1.41. The molecule has 0 atom stereocenters. The number of terminal acetylenes is 1. The van der Waals surface area contributed by atoms with E-state index < -0.39 is 0 Å². The molecule has 0 aliphatic heterocycles. The predicted molar refractivity (Wildman–Crippen MR) is 63.9 cm³/mol. The zero-order valence-corrected chi connectivity index (χ0v) is 9.68. The maximum Gasteiger partial charge on any atom is 0.0205 e. The molecule has 2 heteroatoms. The van der Waals surface area contributed by atoms with Crippen LogP contribution < -0.4 is 5.32 Å². The fraction of sp³-hybridized carbons (Fsp3) is 0.333. The molecule has 0 saturated carbocycles. The first kappa shape index (κ1) is 11.3. The molecule has 1 aromatic rings. The third kappa shape index (κ3) is 4.45. The molecule has 0 aliphatic carbocycles. The molecule has 0 saturated heterocycles. The van der Waals surface area contributed by atoms with Gasteiger partial charge in [-0.25, -0.2) is 0 Å². The molecule has 0 fully saturated rings. The number of rotatable bonds is 5. The lowest BCUT2D eigenvalue weighted by molar-refractivity contribution is 0.659. The molecular weight excluding hydrogens is 238 g/mol. The van der Waals surface area contributed by atoms with Gasteiger partial charge in [-0.05, 0) is 30.7 Å². The first-order chi connectivity index (χ1) is 6.83. The zero-order valence-electron chi connectivity index (χ0n) is 8.09. The standard InChI is InChI=1S/C12H14BrN/c1-2-3-4-9-14-10-11-5-7-12(13)8-6-11/h1,5-8,14H,3-4,9-10H2. The van der Waals surface area contributed by atoms with Crippen LogP contribution in [0.15, 0.2) is 28.7 Å². The van der Waals surface area contributed by atoms with Crippen molar-refractivity contribution in [2.75, 3.05) is 6.54 Å². The molecule has 0 unspecified atom stereocenters. The Balaban J connectivity index is 2.19. The lowest BCUT2D eigenvalue weighted by Gasteiger charge is -2.03. The third-order valence-electron chi connectivity index (χ3n) is 1.92. The van der Waals surface area contributed by atoms with Crippen molar-refractivity contribution in [1.82, 2.24) is 5.32 Å². The van der Waals surface area contributed by atoms with E-state index in [1.54, 1.807) is 0 Å². The first-order valence-corrected chi connectivity index (χ1v) is 5.51. The molecular formula is C12H14BrN. The lowest BCUT2D eigenvalue weighted by Crippen LogP contribution is -2.14. The van der Waals surface area contributed by atoms with E-state index in [2.05, 4.69) is 51.4 Å². The largest absolute Gasteiger partial charge is 0.313 e. The second-order valence-electron chi connectivity index (χ2n) is 3.11. The van der Waals surface area contributed by atoms with Gasteiger partial charge in [0.1, 0.15) is 0 Å². The van der Waals surface area contributed by atoms with Crippen LogP contribution in [0.1, 0.15) is 18.4 Å². The van der Waals surface area contributed by atoms with Gasteiger partial charge in [0.15, 0.2) is 0 Å². The summed E-state index contributed by atoms with van der Waals surface area (Å²) in [6.07, 6.45) is 7.06. The lowest BCUT2D eigenvalue weighted by atomic mass is 10.2. The highest BCUT2D eigenvalue weighted by molar-refractivity contribution is 9.10. The fourth-order valence-electron chi connectivity index (χ4n) is 1.15. The number of benzene rings is 1. The highest BCUT2D eigenvalue weighted by atomic mass is 79.9. The molecule has 1 rings (SSSR count). The topological polar surface area (TPSA) is 12.0 Å². The van der Waals surface area contributed by atoms with E-state index in [4.69, 9.17) is 6.42 Å². The number of unbranched alkanes of at least 4 members (excludes halogenated alkanes) is 1. The Morgan fingerprint density at radius 1 is 1.29 bits per heavy atom. The van der Waals surface area contributed by atoms with Crippen molar-refractivity contribution in [3.63, 3.8) is 0 Å². The van der Waals surface area contributed by atoms with Gasteiger partial charge in [-0.2, -0.15) is 0 Å². The Labute approximate surface area is 94.0 Å². The highest BCUT2D eigenvalue weighted by Gasteiger charge is 1.91. The number of nitrogens with one attached hydrogen (secondary N) is 1.